The van der Waals surface area contributed by atoms with Gasteiger partial charge in [-0.25, -0.2) is 0 Å². The minimum absolute atomic E-state index is 0.190. The third-order valence-electron chi connectivity index (χ3n) is 4.02. The van der Waals surface area contributed by atoms with E-state index < -0.39 is 0 Å². The molecule has 0 bridgehead atoms. The molecule has 128 valence electrons. The molecule has 0 N–H and O–H groups in total. The van der Waals surface area contributed by atoms with E-state index in [4.69, 9.17) is 16.3 Å². The maximum absolute atomic E-state index is 12.9. The number of hydrogen-bond acceptors (Lipinski definition) is 3. The normalized spacial score (nSPS) is 15.7. The van der Waals surface area contributed by atoms with Crippen LogP contribution in [0, 0.1) is 6.92 Å². The largest absolute Gasteiger partial charge is 0.496 e. The first-order valence-corrected chi connectivity index (χ1v) is 8.80. The molecule has 0 aliphatic carbocycles. The molecule has 1 amide bonds. The quantitative estimate of drug-likeness (QED) is 0.640. The predicted molar refractivity (Wildman–Crippen MR) is 105 cm³/mol. The van der Waals surface area contributed by atoms with Crippen LogP contribution in [0.2, 0.25) is 5.02 Å². The fraction of sp³-hybridized carbons (Fsp3) is 0.158. The number of methoxy groups -OCH3 is 1. The van der Waals surface area contributed by atoms with Crippen molar-refractivity contribution in [3.8, 4) is 5.75 Å². The summed E-state index contributed by atoms with van der Waals surface area (Å²) >= 11 is 9.62. The van der Waals surface area contributed by atoms with E-state index in [-0.39, 0.29) is 5.91 Å². The van der Waals surface area contributed by atoms with Gasteiger partial charge in [-0.15, -0.1) is 0 Å². The third-order valence-corrected chi connectivity index (χ3v) is 4.92. The van der Waals surface area contributed by atoms with Crippen LogP contribution in [-0.4, -0.2) is 18.7 Å². The number of carbonyl (C=O) groups excluding carboxylic acids is 1. The van der Waals surface area contributed by atoms with Gasteiger partial charge in [0, 0.05) is 15.1 Å². The molecule has 1 aliphatic rings. The fourth-order valence-electron chi connectivity index (χ4n) is 2.65. The van der Waals surface area contributed by atoms with Crippen molar-refractivity contribution in [2.24, 2.45) is 5.10 Å². The Balaban J connectivity index is 2.04. The lowest BCUT2D eigenvalue weighted by Crippen LogP contribution is -2.22. The first-order chi connectivity index (χ1) is 11.9. The highest BCUT2D eigenvalue weighted by atomic mass is 79.9. The fourth-order valence-corrected chi connectivity index (χ4v) is 3.19. The molecule has 2 aromatic rings. The van der Waals surface area contributed by atoms with Crippen molar-refractivity contribution in [2.45, 2.75) is 13.8 Å². The summed E-state index contributed by atoms with van der Waals surface area (Å²) in [6.45, 7) is 3.68. The summed E-state index contributed by atoms with van der Waals surface area (Å²) in [5.74, 6) is 0.499. The Hall–Kier alpha value is -2.11. The van der Waals surface area contributed by atoms with Gasteiger partial charge in [0.2, 0.25) is 0 Å². The molecule has 2 aromatic carbocycles. The Labute approximate surface area is 159 Å². The summed E-state index contributed by atoms with van der Waals surface area (Å²) in [4.78, 5) is 12.9. The van der Waals surface area contributed by atoms with Crippen molar-refractivity contribution < 1.29 is 9.53 Å². The lowest BCUT2D eigenvalue weighted by atomic mass is 10.1. The van der Waals surface area contributed by atoms with Gasteiger partial charge in [0.1, 0.15) is 5.75 Å². The van der Waals surface area contributed by atoms with Gasteiger partial charge in [0.05, 0.1) is 24.1 Å². The Morgan fingerprint density at radius 3 is 2.72 bits per heavy atom. The van der Waals surface area contributed by atoms with E-state index in [9.17, 15) is 4.79 Å². The van der Waals surface area contributed by atoms with E-state index in [2.05, 4.69) is 21.0 Å². The first-order valence-electron chi connectivity index (χ1n) is 7.62. The lowest BCUT2D eigenvalue weighted by molar-refractivity contribution is -0.114. The van der Waals surface area contributed by atoms with Crippen LogP contribution >= 0.6 is 27.5 Å². The number of amides is 1. The zero-order chi connectivity index (χ0) is 18.1. The molecule has 4 nitrogen and oxygen atoms in total. The number of hydrazone groups is 1. The molecule has 1 aliphatic heterocycles. The topological polar surface area (TPSA) is 41.9 Å². The summed E-state index contributed by atoms with van der Waals surface area (Å²) in [5, 5.41) is 6.42. The van der Waals surface area contributed by atoms with Crippen molar-refractivity contribution in [3.05, 3.63) is 62.6 Å². The van der Waals surface area contributed by atoms with E-state index in [1.54, 1.807) is 19.3 Å². The van der Waals surface area contributed by atoms with Crippen molar-refractivity contribution >= 4 is 50.9 Å². The summed E-state index contributed by atoms with van der Waals surface area (Å²) in [5.41, 5.74) is 3.47. The lowest BCUT2D eigenvalue weighted by Gasteiger charge is -2.15. The van der Waals surface area contributed by atoms with Gasteiger partial charge in [-0.1, -0.05) is 33.6 Å². The van der Waals surface area contributed by atoms with Crippen LogP contribution < -0.4 is 9.75 Å². The number of ether oxygens (including phenoxy) is 1. The summed E-state index contributed by atoms with van der Waals surface area (Å²) in [6.07, 6.45) is 1.80. The Morgan fingerprint density at radius 1 is 1.24 bits per heavy atom. The number of rotatable bonds is 3. The second-order valence-electron chi connectivity index (χ2n) is 5.63. The monoisotopic (exact) mass is 418 g/mol. The van der Waals surface area contributed by atoms with Crippen LogP contribution in [0.1, 0.15) is 18.1 Å². The Morgan fingerprint density at radius 2 is 2.00 bits per heavy atom. The number of halogens is 2. The highest BCUT2D eigenvalue weighted by Gasteiger charge is 2.30. The van der Waals surface area contributed by atoms with Gasteiger partial charge >= 0.3 is 0 Å². The van der Waals surface area contributed by atoms with Crippen LogP contribution in [0.5, 0.6) is 5.75 Å². The molecule has 0 aromatic heterocycles. The molecule has 0 radical (unpaired) electrons. The van der Waals surface area contributed by atoms with Crippen molar-refractivity contribution in [3.63, 3.8) is 0 Å². The van der Waals surface area contributed by atoms with Gasteiger partial charge in [0.15, 0.2) is 0 Å². The van der Waals surface area contributed by atoms with E-state index in [1.807, 2.05) is 44.2 Å². The first kappa shape index (κ1) is 17.7. The predicted octanol–water partition coefficient (Wildman–Crippen LogP) is 5.23. The highest BCUT2D eigenvalue weighted by Crippen LogP contribution is 2.32. The number of hydrogen-bond donors (Lipinski definition) is 0. The van der Waals surface area contributed by atoms with Crippen molar-refractivity contribution in [1.82, 2.24) is 0 Å². The minimum atomic E-state index is -0.190. The van der Waals surface area contributed by atoms with Crippen LogP contribution in [-0.2, 0) is 4.79 Å². The Bertz CT molecular complexity index is 922. The van der Waals surface area contributed by atoms with Crippen LogP contribution in [0.25, 0.3) is 6.08 Å². The van der Waals surface area contributed by atoms with Gasteiger partial charge in [-0.2, -0.15) is 10.1 Å². The zero-order valence-electron chi connectivity index (χ0n) is 14.0. The number of carbonyl (C=O) groups is 1. The number of nitrogens with zero attached hydrogens (tertiary/aromatic N) is 2. The van der Waals surface area contributed by atoms with E-state index >= 15 is 0 Å². The van der Waals surface area contributed by atoms with Crippen LogP contribution in [0.3, 0.4) is 0 Å². The molecule has 0 saturated carbocycles. The van der Waals surface area contributed by atoms with Crippen LogP contribution in [0.4, 0.5) is 5.69 Å². The molecule has 0 spiro atoms. The molecule has 0 saturated heterocycles. The molecular weight excluding hydrogens is 404 g/mol. The molecule has 25 heavy (non-hydrogen) atoms. The van der Waals surface area contributed by atoms with Crippen molar-refractivity contribution in [2.75, 3.05) is 12.1 Å². The van der Waals surface area contributed by atoms with Gasteiger partial charge < -0.3 is 4.74 Å². The third kappa shape index (κ3) is 3.34. The average Bonchev–Trinajstić information content (AvgIpc) is 2.86. The maximum atomic E-state index is 12.9. The minimum Gasteiger partial charge on any atom is -0.496 e. The summed E-state index contributed by atoms with van der Waals surface area (Å²) < 4.78 is 6.29. The molecular formula is C19H16BrClN2O2. The standard InChI is InChI=1S/C19H16BrClN2O2/c1-11-16(21)5-4-6-17(11)23-19(24)15(12(2)22-23)10-13-9-14(20)7-8-18(13)25-3/h4-10H,1-3H3/b15-10+. The molecule has 6 heteroatoms. The molecule has 0 unspecified atom stereocenters. The summed E-state index contributed by atoms with van der Waals surface area (Å²) in [6, 6.07) is 11.1. The Kier molecular flexibility index (Phi) is 4.97. The van der Waals surface area contributed by atoms with E-state index in [1.165, 1.54) is 5.01 Å². The molecule has 0 atom stereocenters. The summed E-state index contributed by atoms with van der Waals surface area (Å²) in [7, 11) is 1.60. The van der Waals surface area contributed by atoms with Gasteiger partial charge in [-0.05, 0) is 55.8 Å². The van der Waals surface area contributed by atoms with Crippen LogP contribution in [0.15, 0.2) is 51.5 Å². The number of benzene rings is 2. The molecule has 3 rings (SSSR count). The number of anilines is 1. The smallest absolute Gasteiger partial charge is 0.280 e. The molecule has 1 heterocycles. The second-order valence-corrected chi connectivity index (χ2v) is 6.95. The SMILES string of the molecule is COc1ccc(Br)cc1/C=C1/C(=O)N(c2cccc(Cl)c2C)N=C1C. The molecule has 0 fully saturated rings. The van der Waals surface area contributed by atoms with Crippen molar-refractivity contribution in [1.29, 1.82) is 0 Å². The highest BCUT2D eigenvalue weighted by molar-refractivity contribution is 9.10. The average molecular weight is 420 g/mol. The van der Waals surface area contributed by atoms with E-state index in [0.29, 0.717) is 27.7 Å². The van der Waals surface area contributed by atoms with E-state index in [0.717, 1.165) is 15.6 Å². The van der Waals surface area contributed by atoms with Gasteiger partial charge in [0.25, 0.3) is 5.91 Å². The second kappa shape index (κ2) is 7.02. The van der Waals surface area contributed by atoms with Gasteiger partial charge in [-0.3, -0.25) is 4.79 Å². The maximum Gasteiger partial charge on any atom is 0.280 e. The zero-order valence-corrected chi connectivity index (χ0v) is 16.4.